The van der Waals surface area contributed by atoms with Crippen LogP contribution in [0.3, 0.4) is 0 Å². The molecular weight excluding hydrogens is 457 g/mol. The molecule has 3 aromatic rings. The number of halogens is 2. The van der Waals surface area contributed by atoms with Gasteiger partial charge in [-0.2, -0.15) is 0 Å². The van der Waals surface area contributed by atoms with Crippen LogP contribution >= 0.6 is 35.3 Å². The second kappa shape index (κ2) is 10.5. The topological polar surface area (TPSA) is 54.9 Å². The molecule has 0 N–H and O–H groups in total. The SMILES string of the molecule is CCN(CC)CCN(C(=O)c1ccc(Cl)cc1)c1nc2cc3c(cc2s1)OCCO3.Cl. The van der Waals surface area contributed by atoms with E-state index in [4.69, 9.17) is 26.1 Å². The Bertz CT molecular complexity index is 995. The number of anilines is 1. The number of fused-ring (bicyclic) bond motifs is 2. The van der Waals surface area contributed by atoms with Crippen LogP contribution in [-0.2, 0) is 0 Å². The maximum absolute atomic E-state index is 13.4. The van der Waals surface area contributed by atoms with E-state index >= 15 is 0 Å². The van der Waals surface area contributed by atoms with Gasteiger partial charge in [0.15, 0.2) is 16.6 Å². The minimum absolute atomic E-state index is 0. The van der Waals surface area contributed by atoms with E-state index in [0.29, 0.717) is 41.2 Å². The number of ether oxygens (including phenoxy) is 2. The van der Waals surface area contributed by atoms with E-state index in [9.17, 15) is 4.79 Å². The summed E-state index contributed by atoms with van der Waals surface area (Å²) < 4.78 is 12.3. The zero-order valence-corrected chi connectivity index (χ0v) is 19.9. The Morgan fingerprint density at radius 3 is 2.35 bits per heavy atom. The summed E-state index contributed by atoms with van der Waals surface area (Å²) in [6.45, 7) is 8.49. The lowest BCUT2D eigenvalue weighted by atomic mass is 10.2. The summed E-state index contributed by atoms with van der Waals surface area (Å²) in [5.74, 6) is 1.34. The summed E-state index contributed by atoms with van der Waals surface area (Å²) in [6.07, 6.45) is 0. The highest BCUT2D eigenvalue weighted by atomic mass is 35.5. The van der Waals surface area contributed by atoms with Crippen molar-refractivity contribution in [1.82, 2.24) is 9.88 Å². The van der Waals surface area contributed by atoms with Gasteiger partial charge in [0.05, 0.1) is 10.2 Å². The van der Waals surface area contributed by atoms with Crippen molar-refractivity contribution >= 4 is 56.6 Å². The van der Waals surface area contributed by atoms with Gasteiger partial charge in [-0.05, 0) is 37.4 Å². The van der Waals surface area contributed by atoms with Crippen molar-refractivity contribution in [3.05, 3.63) is 47.0 Å². The van der Waals surface area contributed by atoms with Gasteiger partial charge < -0.3 is 14.4 Å². The molecule has 2 heterocycles. The summed E-state index contributed by atoms with van der Waals surface area (Å²) in [5.41, 5.74) is 1.39. The van der Waals surface area contributed by atoms with E-state index in [2.05, 4.69) is 18.7 Å². The Balaban J connectivity index is 0.00000272. The van der Waals surface area contributed by atoms with Gasteiger partial charge in [-0.1, -0.05) is 36.8 Å². The molecule has 9 heteroatoms. The number of amides is 1. The molecule has 0 saturated heterocycles. The van der Waals surface area contributed by atoms with Crippen LogP contribution in [-0.4, -0.2) is 55.2 Å². The average molecular weight is 482 g/mol. The van der Waals surface area contributed by atoms with Crippen LogP contribution in [0.1, 0.15) is 24.2 Å². The van der Waals surface area contributed by atoms with E-state index in [1.54, 1.807) is 29.2 Å². The Labute approximate surface area is 197 Å². The predicted molar refractivity (Wildman–Crippen MR) is 129 cm³/mol. The minimum atomic E-state index is -0.0878. The molecule has 1 aliphatic heterocycles. The first kappa shape index (κ1) is 23.6. The first-order chi connectivity index (χ1) is 14.6. The molecule has 2 aromatic carbocycles. The summed E-state index contributed by atoms with van der Waals surface area (Å²) in [7, 11) is 0. The third-order valence-electron chi connectivity index (χ3n) is 5.14. The minimum Gasteiger partial charge on any atom is -0.486 e. The van der Waals surface area contributed by atoms with Gasteiger partial charge in [0, 0.05) is 35.8 Å². The molecule has 0 radical (unpaired) electrons. The van der Waals surface area contributed by atoms with Crippen molar-refractivity contribution in [2.24, 2.45) is 0 Å². The molecular formula is C22H25Cl2N3O3S. The standard InChI is InChI=1S/C22H24ClN3O3S.ClH/c1-3-25(4-2)9-10-26(21(27)15-5-7-16(23)8-6-15)22-24-17-13-18-19(14-20(17)30-22)29-12-11-28-18;/h5-8,13-14H,3-4,9-12H2,1-2H3;1H. The molecule has 0 saturated carbocycles. The third kappa shape index (κ3) is 5.23. The summed E-state index contributed by atoms with van der Waals surface area (Å²) in [5, 5.41) is 1.27. The lowest BCUT2D eigenvalue weighted by molar-refractivity contribution is 0.0984. The van der Waals surface area contributed by atoms with E-state index in [1.165, 1.54) is 11.3 Å². The molecule has 0 unspecified atom stereocenters. The molecule has 0 spiro atoms. The van der Waals surface area contributed by atoms with Crippen molar-refractivity contribution in [1.29, 1.82) is 0 Å². The second-order valence-corrected chi connectivity index (χ2v) is 8.40. The number of carbonyl (C=O) groups is 1. The number of thiazole rings is 1. The molecule has 0 bridgehead atoms. The van der Waals surface area contributed by atoms with E-state index in [1.807, 2.05) is 12.1 Å². The number of hydrogen-bond acceptors (Lipinski definition) is 6. The molecule has 1 aromatic heterocycles. The van der Waals surface area contributed by atoms with Gasteiger partial charge in [-0.25, -0.2) is 4.98 Å². The number of hydrogen-bond donors (Lipinski definition) is 0. The number of carbonyl (C=O) groups excluding carboxylic acids is 1. The fourth-order valence-corrected chi connectivity index (χ4v) is 4.51. The highest BCUT2D eigenvalue weighted by molar-refractivity contribution is 7.22. The smallest absolute Gasteiger partial charge is 0.260 e. The van der Waals surface area contributed by atoms with Crippen molar-refractivity contribution in [3.63, 3.8) is 0 Å². The van der Waals surface area contributed by atoms with Crippen molar-refractivity contribution < 1.29 is 14.3 Å². The largest absolute Gasteiger partial charge is 0.486 e. The monoisotopic (exact) mass is 481 g/mol. The summed E-state index contributed by atoms with van der Waals surface area (Å²) in [6, 6.07) is 10.8. The van der Waals surface area contributed by atoms with E-state index < -0.39 is 0 Å². The highest BCUT2D eigenvalue weighted by Gasteiger charge is 2.23. The molecule has 1 amide bonds. The van der Waals surface area contributed by atoms with Crippen LogP contribution in [0, 0.1) is 0 Å². The van der Waals surface area contributed by atoms with Crippen molar-refractivity contribution in [2.75, 3.05) is 44.3 Å². The molecule has 1 aliphatic rings. The van der Waals surface area contributed by atoms with Crippen LogP contribution in [0.25, 0.3) is 10.2 Å². The predicted octanol–water partition coefficient (Wildman–Crippen LogP) is 5.13. The van der Waals surface area contributed by atoms with Crippen LogP contribution < -0.4 is 14.4 Å². The Kier molecular flexibility index (Phi) is 8.00. The average Bonchev–Trinajstić information content (AvgIpc) is 3.17. The molecule has 31 heavy (non-hydrogen) atoms. The van der Waals surface area contributed by atoms with Gasteiger partial charge in [-0.3, -0.25) is 9.69 Å². The number of rotatable bonds is 7. The zero-order chi connectivity index (χ0) is 21.1. The Morgan fingerprint density at radius 2 is 1.71 bits per heavy atom. The number of nitrogens with zero attached hydrogens (tertiary/aromatic N) is 3. The Hall–Kier alpha value is -2.06. The first-order valence-electron chi connectivity index (χ1n) is 10.1. The second-order valence-electron chi connectivity index (χ2n) is 6.95. The molecule has 4 rings (SSSR count). The first-order valence-corrected chi connectivity index (χ1v) is 11.3. The van der Waals surface area contributed by atoms with Gasteiger partial charge >= 0.3 is 0 Å². The van der Waals surface area contributed by atoms with Gasteiger partial charge in [0.1, 0.15) is 13.2 Å². The molecule has 6 nitrogen and oxygen atoms in total. The van der Waals surface area contributed by atoms with Gasteiger partial charge in [0.2, 0.25) is 0 Å². The van der Waals surface area contributed by atoms with Crippen LogP contribution in [0.15, 0.2) is 36.4 Å². The van der Waals surface area contributed by atoms with Crippen LogP contribution in [0.5, 0.6) is 11.5 Å². The maximum Gasteiger partial charge on any atom is 0.260 e. The maximum atomic E-state index is 13.4. The lowest BCUT2D eigenvalue weighted by Crippen LogP contribution is -2.38. The quantitative estimate of drug-likeness (QED) is 0.467. The van der Waals surface area contributed by atoms with E-state index in [0.717, 1.165) is 35.6 Å². The van der Waals surface area contributed by atoms with E-state index in [-0.39, 0.29) is 18.3 Å². The van der Waals surface area contributed by atoms with Crippen LogP contribution in [0.4, 0.5) is 5.13 Å². The summed E-state index contributed by atoms with van der Waals surface area (Å²) in [4.78, 5) is 22.2. The molecule has 0 fully saturated rings. The fourth-order valence-electron chi connectivity index (χ4n) is 3.38. The molecule has 166 valence electrons. The highest BCUT2D eigenvalue weighted by Crippen LogP contribution is 2.39. The summed E-state index contributed by atoms with van der Waals surface area (Å²) >= 11 is 7.49. The van der Waals surface area contributed by atoms with Gasteiger partial charge in [0.25, 0.3) is 5.91 Å². The van der Waals surface area contributed by atoms with Crippen molar-refractivity contribution in [2.45, 2.75) is 13.8 Å². The normalized spacial score (nSPS) is 12.6. The lowest BCUT2D eigenvalue weighted by Gasteiger charge is -2.24. The number of aromatic nitrogens is 1. The molecule has 0 aliphatic carbocycles. The zero-order valence-electron chi connectivity index (χ0n) is 17.5. The fraction of sp³-hybridized carbons (Fsp3) is 0.364. The van der Waals surface area contributed by atoms with Gasteiger partial charge in [-0.15, -0.1) is 12.4 Å². The molecule has 0 atom stereocenters. The number of likely N-dealkylation sites (N-methyl/N-ethyl adjacent to an activating group) is 1. The number of benzene rings is 2. The third-order valence-corrected chi connectivity index (χ3v) is 6.44. The van der Waals surface area contributed by atoms with Crippen molar-refractivity contribution in [3.8, 4) is 11.5 Å². The van der Waals surface area contributed by atoms with Crippen LogP contribution in [0.2, 0.25) is 5.02 Å². The Morgan fingerprint density at radius 1 is 1.06 bits per heavy atom.